The Morgan fingerprint density at radius 1 is 1.33 bits per heavy atom. The van der Waals surface area contributed by atoms with Crippen LogP contribution in [0, 0.1) is 0 Å². The van der Waals surface area contributed by atoms with Crippen molar-refractivity contribution in [3.8, 4) is 0 Å². The van der Waals surface area contributed by atoms with Crippen molar-refractivity contribution >= 4 is 32.8 Å². The number of nitrogens with zero attached hydrogens (tertiary/aromatic N) is 2. The highest BCUT2D eigenvalue weighted by atomic mass is 32.3. The minimum absolute atomic E-state index is 0.368. The number of ether oxygens (including phenoxy) is 1. The molecule has 0 aromatic rings. The summed E-state index contributed by atoms with van der Waals surface area (Å²) in [6, 6.07) is -2.40. The molecule has 30 heavy (non-hydrogen) atoms. The SMILES string of the molecule is NC1=N[C@@H](COC(=O)NS(=O)(=O)O)[C@@H]2NC(N)N[C@]23N1C[C@@H](OS(=O)(=O)O)C3(O)O. The molecule has 1 amide bonds. The number of aliphatic imine (C=N–C) groups is 1. The molecule has 0 bridgehead atoms. The minimum atomic E-state index is -5.10. The van der Waals surface area contributed by atoms with E-state index in [1.54, 1.807) is 0 Å². The van der Waals surface area contributed by atoms with Gasteiger partial charge in [0.1, 0.15) is 18.9 Å². The van der Waals surface area contributed by atoms with Gasteiger partial charge in [-0.3, -0.25) is 19.7 Å². The van der Waals surface area contributed by atoms with Gasteiger partial charge in [0, 0.05) is 0 Å². The summed E-state index contributed by atoms with van der Waals surface area (Å²) in [6.45, 7) is -1.24. The molecule has 2 saturated heterocycles. The van der Waals surface area contributed by atoms with Gasteiger partial charge in [0.25, 0.3) is 0 Å². The number of hydrogen-bond donors (Lipinski definition) is 9. The number of nitrogens with two attached hydrogens (primary N) is 2. The number of carbonyl (C=O) groups excluding carboxylic acids is 1. The molecule has 3 heterocycles. The van der Waals surface area contributed by atoms with Crippen molar-refractivity contribution in [2.45, 2.75) is 35.9 Å². The van der Waals surface area contributed by atoms with Crippen LogP contribution >= 0.6 is 0 Å². The van der Waals surface area contributed by atoms with E-state index in [4.69, 9.17) is 20.6 Å². The maximum atomic E-state index is 11.5. The van der Waals surface area contributed by atoms with Crippen LogP contribution < -0.4 is 26.8 Å². The molecule has 1 spiro atoms. The molecule has 172 valence electrons. The van der Waals surface area contributed by atoms with Crippen molar-refractivity contribution in [1.29, 1.82) is 0 Å². The van der Waals surface area contributed by atoms with Crippen molar-refractivity contribution in [2.24, 2.45) is 16.5 Å². The molecular weight excluding hydrogens is 458 g/mol. The van der Waals surface area contributed by atoms with Gasteiger partial charge in [0.2, 0.25) is 5.79 Å². The Morgan fingerprint density at radius 2 is 1.97 bits per heavy atom. The predicted molar refractivity (Wildman–Crippen MR) is 92.5 cm³/mol. The zero-order valence-corrected chi connectivity index (χ0v) is 16.4. The van der Waals surface area contributed by atoms with Crippen LogP contribution in [0.2, 0.25) is 0 Å². The highest BCUT2D eigenvalue weighted by Gasteiger charge is 2.74. The fourth-order valence-corrected chi connectivity index (χ4v) is 4.55. The average molecular weight is 477 g/mol. The molecular formula is C10H19N7O11S2. The number of amides is 1. The normalized spacial score (nSPS) is 35.4. The molecule has 11 N–H and O–H groups in total. The highest BCUT2D eigenvalue weighted by Crippen LogP contribution is 2.45. The first-order chi connectivity index (χ1) is 13.6. The molecule has 3 aliphatic rings. The summed E-state index contributed by atoms with van der Waals surface area (Å²) in [5.41, 5.74) is 9.58. The van der Waals surface area contributed by atoms with Gasteiger partial charge in [-0.2, -0.15) is 21.6 Å². The number of rotatable bonds is 5. The van der Waals surface area contributed by atoms with Crippen LogP contribution in [0.1, 0.15) is 0 Å². The van der Waals surface area contributed by atoms with Gasteiger partial charge in [-0.05, 0) is 0 Å². The van der Waals surface area contributed by atoms with E-state index >= 15 is 0 Å². The van der Waals surface area contributed by atoms with E-state index in [-0.39, 0.29) is 5.96 Å². The van der Waals surface area contributed by atoms with Crippen molar-refractivity contribution in [3.63, 3.8) is 0 Å². The summed E-state index contributed by atoms with van der Waals surface area (Å²) >= 11 is 0. The summed E-state index contributed by atoms with van der Waals surface area (Å²) in [5.74, 6) is -3.41. The highest BCUT2D eigenvalue weighted by molar-refractivity contribution is 7.84. The number of hydrogen-bond acceptors (Lipinski definition) is 15. The van der Waals surface area contributed by atoms with Gasteiger partial charge >= 0.3 is 26.8 Å². The number of guanidine groups is 1. The molecule has 0 aliphatic carbocycles. The van der Waals surface area contributed by atoms with Crippen LogP contribution in [0.3, 0.4) is 0 Å². The molecule has 0 aromatic heterocycles. The molecule has 18 nitrogen and oxygen atoms in total. The van der Waals surface area contributed by atoms with Crippen molar-refractivity contribution in [3.05, 3.63) is 0 Å². The van der Waals surface area contributed by atoms with Crippen LogP contribution in [0.5, 0.6) is 0 Å². The van der Waals surface area contributed by atoms with Crippen LogP contribution in [-0.2, 0) is 29.6 Å². The van der Waals surface area contributed by atoms with E-state index in [2.05, 4.69) is 24.5 Å². The lowest BCUT2D eigenvalue weighted by Crippen LogP contribution is -2.77. The molecule has 2 fully saturated rings. The van der Waals surface area contributed by atoms with Gasteiger partial charge in [-0.15, -0.1) is 0 Å². The van der Waals surface area contributed by atoms with E-state index in [9.17, 15) is 31.8 Å². The summed E-state index contributed by atoms with van der Waals surface area (Å²) < 4.78 is 71.2. The largest absolute Gasteiger partial charge is 0.446 e. The first-order valence-corrected chi connectivity index (χ1v) is 10.8. The standard InChI is InChI=1S/C10H19N7O11S2/c11-6-14-5-3(2-27-8(18)16-29(21,22)23)13-7(12)17-1-4(28-30(24,25)26)10(19,20)9(5,17)15-6/h3-6,14-15,19-20H,1-2,11H2,(H2,12,13)(H,16,18)(H,21,22,23)(H,24,25,26)/t3-,4+,5-,6?,9-/m0/s1. The van der Waals surface area contributed by atoms with Crippen LogP contribution in [0.15, 0.2) is 4.99 Å². The van der Waals surface area contributed by atoms with Crippen LogP contribution in [-0.4, -0.2) is 102 Å². The zero-order chi connectivity index (χ0) is 22.7. The lowest BCUT2D eigenvalue weighted by atomic mass is 9.86. The number of carbonyl (C=O) groups is 1. The summed E-state index contributed by atoms with van der Waals surface area (Å²) in [4.78, 5) is 16.5. The Balaban J connectivity index is 1.91. The maximum absolute atomic E-state index is 11.5. The third-order valence-corrected chi connectivity index (χ3v) is 5.66. The van der Waals surface area contributed by atoms with Gasteiger partial charge < -0.3 is 31.3 Å². The lowest BCUT2D eigenvalue weighted by molar-refractivity contribution is -0.254. The number of nitrogens with one attached hydrogen (secondary N) is 3. The fraction of sp³-hybridized carbons (Fsp3) is 0.800. The van der Waals surface area contributed by atoms with Gasteiger partial charge in [0.15, 0.2) is 17.7 Å². The van der Waals surface area contributed by atoms with Crippen LogP contribution in [0.25, 0.3) is 0 Å². The molecule has 20 heteroatoms. The lowest BCUT2D eigenvalue weighted by Gasteiger charge is -2.49. The topological polar surface area (TPSA) is 288 Å². The predicted octanol–water partition coefficient (Wildman–Crippen LogP) is -6.10. The molecule has 3 rings (SSSR count). The average Bonchev–Trinajstić information content (AvgIpc) is 2.99. The Morgan fingerprint density at radius 3 is 2.53 bits per heavy atom. The molecule has 3 aliphatic heterocycles. The van der Waals surface area contributed by atoms with E-state index in [1.165, 1.54) is 0 Å². The minimum Gasteiger partial charge on any atom is -0.446 e. The summed E-state index contributed by atoms with van der Waals surface area (Å²) in [5, 5.41) is 26.8. The Bertz CT molecular complexity index is 969. The van der Waals surface area contributed by atoms with Gasteiger partial charge in [-0.25, -0.2) is 14.0 Å². The third kappa shape index (κ3) is 3.89. The summed E-state index contributed by atoms with van der Waals surface area (Å²) in [7, 11) is -9.99. The second-order valence-electron chi connectivity index (χ2n) is 6.61. The van der Waals surface area contributed by atoms with Gasteiger partial charge in [-0.1, -0.05) is 0 Å². The Hall–Kier alpha value is -1.88. The van der Waals surface area contributed by atoms with Crippen molar-refractivity contribution < 1.29 is 49.9 Å². The smallest absolute Gasteiger partial charge is 0.422 e. The summed E-state index contributed by atoms with van der Waals surface area (Å²) in [6.07, 6.45) is -4.61. The fourth-order valence-electron chi connectivity index (χ4n) is 3.80. The Labute approximate surface area is 169 Å². The molecule has 0 radical (unpaired) electrons. The van der Waals surface area contributed by atoms with Crippen molar-refractivity contribution in [2.75, 3.05) is 13.2 Å². The molecule has 0 saturated carbocycles. The van der Waals surface area contributed by atoms with E-state index in [0.717, 1.165) is 9.62 Å². The monoisotopic (exact) mass is 477 g/mol. The quantitative estimate of drug-likeness (QED) is 0.131. The Kier molecular flexibility index (Phi) is 5.38. The zero-order valence-electron chi connectivity index (χ0n) is 14.7. The third-order valence-electron chi connectivity index (χ3n) is 4.76. The maximum Gasteiger partial charge on any atom is 0.422 e. The van der Waals surface area contributed by atoms with Crippen molar-refractivity contribution in [1.82, 2.24) is 20.3 Å². The second-order valence-corrected chi connectivity index (χ2v) is 8.81. The van der Waals surface area contributed by atoms with E-state index < -0.39 is 75.9 Å². The molecule has 1 unspecified atom stereocenters. The number of aliphatic hydroxyl groups is 2. The first kappa shape index (κ1) is 22.8. The second kappa shape index (κ2) is 7.08. The van der Waals surface area contributed by atoms with E-state index in [0.29, 0.717) is 0 Å². The molecule has 5 atom stereocenters. The van der Waals surface area contributed by atoms with E-state index in [1.807, 2.05) is 0 Å². The first-order valence-electron chi connectivity index (χ1n) is 7.99. The molecule has 0 aromatic carbocycles. The van der Waals surface area contributed by atoms with Crippen LogP contribution in [0.4, 0.5) is 4.79 Å². The van der Waals surface area contributed by atoms with Gasteiger partial charge in [0.05, 0.1) is 12.6 Å².